The van der Waals surface area contributed by atoms with Crippen LogP contribution in [0.4, 0.5) is 18.9 Å². The van der Waals surface area contributed by atoms with Gasteiger partial charge in [-0.05, 0) is 37.4 Å². The van der Waals surface area contributed by atoms with Gasteiger partial charge in [-0.2, -0.15) is 13.2 Å². The maximum absolute atomic E-state index is 13.0. The van der Waals surface area contributed by atoms with Crippen LogP contribution in [0.5, 0.6) is 5.75 Å². The molecule has 9 nitrogen and oxygen atoms in total. The first-order valence-corrected chi connectivity index (χ1v) is 12.3. The number of alkyl halides is 3. The van der Waals surface area contributed by atoms with Crippen molar-refractivity contribution in [2.45, 2.75) is 12.6 Å². The Balaban J connectivity index is 1.47. The molecule has 1 aromatic carbocycles. The summed E-state index contributed by atoms with van der Waals surface area (Å²) >= 11 is 1.25. The van der Waals surface area contributed by atoms with Gasteiger partial charge >= 0.3 is 6.18 Å². The van der Waals surface area contributed by atoms with E-state index in [9.17, 15) is 22.8 Å². The van der Waals surface area contributed by atoms with Gasteiger partial charge in [0.25, 0.3) is 0 Å². The largest absolute Gasteiger partial charge is 0.482 e. The Bertz CT molecular complexity index is 1230. The Morgan fingerprint density at radius 1 is 1.14 bits per heavy atom. The van der Waals surface area contributed by atoms with Crippen molar-refractivity contribution in [1.82, 2.24) is 25.0 Å². The summed E-state index contributed by atoms with van der Waals surface area (Å²) in [6.07, 6.45) is -1.34. The van der Waals surface area contributed by atoms with Gasteiger partial charge in [-0.25, -0.2) is 0 Å². The molecule has 0 aliphatic carbocycles. The highest BCUT2D eigenvalue weighted by atomic mass is 32.1. The van der Waals surface area contributed by atoms with Crippen LogP contribution in [0.25, 0.3) is 10.6 Å². The average molecular weight is 535 g/mol. The van der Waals surface area contributed by atoms with Crippen LogP contribution in [0.2, 0.25) is 0 Å². The third-order valence-corrected chi connectivity index (χ3v) is 6.59. The van der Waals surface area contributed by atoms with E-state index in [0.29, 0.717) is 23.1 Å². The number of nitrogens with one attached hydrogen (secondary N) is 1. The Kier molecular flexibility index (Phi) is 8.46. The molecule has 3 heterocycles. The summed E-state index contributed by atoms with van der Waals surface area (Å²) in [6, 6.07) is 7.55. The van der Waals surface area contributed by atoms with Crippen molar-refractivity contribution in [3.8, 4) is 16.3 Å². The number of hydrogen-bond acceptors (Lipinski definition) is 9. The number of anilines is 1. The molecule has 1 fully saturated rings. The fourth-order valence-corrected chi connectivity index (χ4v) is 4.48. The highest BCUT2D eigenvalue weighted by molar-refractivity contribution is 7.14. The van der Waals surface area contributed by atoms with Crippen molar-refractivity contribution < 1.29 is 27.5 Å². The molecule has 1 N–H and O–H groups in total. The number of likely N-dealkylation sites (N-methyl/N-ethyl adjacent to an activating group) is 1. The second kappa shape index (κ2) is 11.8. The minimum absolute atomic E-state index is 0.00235. The second-order valence-electron chi connectivity index (χ2n) is 8.58. The van der Waals surface area contributed by atoms with Crippen LogP contribution >= 0.6 is 11.3 Å². The number of pyridine rings is 1. The molecule has 1 aliphatic rings. The van der Waals surface area contributed by atoms with Crippen LogP contribution in [-0.2, 0) is 11.2 Å². The number of ether oxygens (including phenoxy) is 1. The standard InChI is InChI=1S/C24H25F3N6O3S/c1-32-7-9-33(10-8-32)14-21(35)29-18-11-16(4-5-20(18)36-15-24(25,26)27)19(34)12-22-30-31-23(37-22)17-3-2-6-28-13-17/h2-6,11,13H,7-10,12,14-15H2,1H3,(H,29,35). The Labute approximate surface area is 215 Å². The van der Waals surface area contributed by atoms with Crippen molar-refractivity contribution in [3.05, 3.63) is 53.3 Å². The number of rotatable bonds is 9. The van der Waals surface area contributed by atoms with Crippen LogP contribution in [0.3, 0.4) is 0 Å². The van der Waals surface area contributed by atoms with Gasteiger partial charge in [0, 0.05) is 49.7 Å². The zero-order valence-corrected chi connectivity index (χ0v) is 20.8. The van der Waals surface area contributed by atoms with Gasteiger partial charge in [-0.15, -0.1) is 10.2 Å². The number of piperazine rings is 1. The molecular weight excluding hydrogens is 509 g/mol. The quantitative estimate of drug-likeness (QED) is 0.418. The molecule has 37 heavy (non-hydrogen) atoms. The van der Waals surface area contributed by atoms with Crippen molar-refractivity contribution >= 4 is 28.7 Å². The van der Waals surface area contributed by atoms with Gasteiger partial charge in [0.1, 0.15) is 15.8 Å². The van der Waals surface area contributed by atoms with E-state index >= 15 is 0 Å². The molecular formula is C24H25F3N6O3S. The molecule has 13 heteroatoms. The van der Waals surface area contributed by atoms with E-state index in [-0.39, 0.29) is 35.7 Å². The number of carbonyl (C=O) groups is 2. The SMILES string of the molecule is CN1CCN(CC(=O)Nc2cc(C(=O)Cc3nnc(-c4cccnc4)s3)ccc2OCC(F)(F)F)CC1. The Morgan fingerprint density at radius 3 is 2.62 bits per heavy atom. The van der Waals surface area contributed by atoms with E-state index in [1.807, 2.05) is 18.0 Å². The number of benzene rings is 1. The van der Waals surface area contributed by atoms with Crippen molar-refractivity contribution in [1.29, 1.82) is 0 Å². The summed E-state index contributed by atoms with van der Waals surface area (Å²) < 4.78 is 43.2. The summed E-state index contributed by atoms with van der Waals surface area (Å²) in [7, 11) is 1.99. The van der Waals surface area contributed by atoms with E-state index in [1.54, 1.807) is 18.5 Å². The lowest BCUT2D eigenvalue weighted by atomic mass is 10.1. The summed E-state index contributed by atoms with van der Waals surface area (Å²) in [5.74, 6) is -0.905. The highest BCUT2D eigenvalue weighted by Crippen LogP contribution is 2.29. The van der Waals surface area contributed by atoms with E-state index in [1.165, 1.54) is 29.5 Å². The molecule has 0 bridgehead atoms. The molecule has 3 aromatic rings. The van der Waals surface area contributed by atoms with Crippen molar-refractivity contribution in [3.63, 3.8) is 0 Å². The molecule has 4 rings (SSSR count). The average Bonchev–Trinajstić information content (AvgIpc) is 3.33. The molecule has 0 spiro atoms. The fourth-order valence-electron chi connectivity index (χ4n) is 3.66. The summed E-state index contributed by atoms with van der Waals surface area (Å²) in [6.45, 7) is 1.57. The number of nitrogens with zero attached hydrogens (tertiary/aromatic N) is 5. The molecule has 196 valence electrons. The maximum Gasteiger partial charge on any atom is 0.422 e. The van der Waals surface area contributed by atoms with Crippen LogP contribution < -0.4 is 10.1 Å². The van der Waals surface area contributed by atoms with Crippen LogP contribution in [0.1, 0.15) is 15.4 Å². The smallest absolute Gasteiger partial charge is 0.422 e. The first kappa shape index (κ1) is 26.6. The molecule has 1 amide bonds. The lowest BCUT2D eigenvalue weighted by Gasteiger charge is -2.31. The normalized spacial score (nSPS) is 14.9. The molecule has 0 saturated carbocycles. The van der Waals surface area contributed by atoms with Crippen molar-refractivity contribution in [2.24, 2.45) is 0 Å². The molecule has 0 radical (unpaired) electrons. The molecule has 1 aliphatic heterocycles. The number of aromatic nitrogens is 3. The molecule has 0 unspecified atom stereocenters. The molecule has 1 saturated heterocycles. The van der Waals surface area contributed by atoms with Gasteiger partial charge in [0.05, 0.1) is 18.7 Å². The monoisotopic (exact) mass is 534 g/mol. The van der Waals surface area contributed by atoms with Gasteiger partial charge in [-0.1, -0.05) is 11.3 Å². The van der Waals surface area contributed by atoms with Crippen LogP contribution in [-0.4, -0.2) is 89.2 Å². The zero-order valence-electron chi connectivity index (χ0n) is 20.0. The predicted molar refractivity (Wildman–Crippen MR) is 132 cm³/mol. The Morgan fingerprint density at radius 2 is 1.92 bits per heavy atom. The first-order chi connectivity index (χ1) is 17.7. The van der Waals surface area contributed by atoms with Gasteiger partial charge < -0.3 is 15.0 Å². The summed E-state index contributed by atoms with van der Waals surface area (Å²) in [5, 5.41) is 11.9. The topological polar surface area (TPSA) is 101 Å². The van der Waals surface area contributed by atoms with E-state index in [0.717, 1.165) is 18.7 Å². The maximum atomic E-state index is 13.0. The first-order valence-electron chi connectivity index (χ1n) is 11.5. The predicted octanol–water partition coefficient (Wildman–Crippen LogP) is 3.15. The van der Waals surface area contributed by atoms with E-state index in [2.05, 4.69) is 25.4 Å². The lowest BCUT2D eigenvalue weighted by Crippen LogP contribution is -2.47. The van der Waals surface area contributed by atoms with Crippen LogP contribution in [0.15, 0.2) is 42.7 Å². The fraction of sp³-hybridized carbons (Fsp3) is 0.375. The second-order valence-corrected chi connectivity index (χ2v) is 9.65. The zero-order chi connectivity index (χ0) is 26.4. The van der Waals surface area contributed by atoms with Gasteiger partial charge in [0.15, 0.2) is 12.4 Å². The lowest BCUT2D eigenvalue weighted by molar-refractivity contribution is -0.153. The molecule has 0 atom stereocenters. The van der Waals surface area contributed by atoms with Crippen LogP contribution in [0, 0.1) is 0 Å². The third kappa shape index (κ3) is 7.78. The number of amides is 1. The molecule has 2 aromatic heterocycles. The Hall–Kier alpha value is -3.42. The highest BCUT2D eigenvalue weighted by Gasteiger charge is 2.29. The van der Waals surface area contributed by atoms with E-state index < -0.39 is 18.7 Å². The van der Waals surface area contributed by atoms with E-state index in [4.69, 9.17) is 4.74 Å². The van der Waals surface area contributed by atoms with Crippen molar-refractivity contribution in [2.75, 3.05) is 51.7 Å². The summed E-state index contributed by atoms with van der Waals surface area (Å²) in [4.78, 5) is 33.8. The summed E-state index contributed by atoms with van der Waals surface area (Å²) in [5.41, 5.74) is 0.977. The third-order valence-electron chi connectivity index (χ3n) is 5.62. The number of ketones is 1. The number of hydrogen-bond donors (Lipinski definition) is 1. The minimum atomic E-state index is -4.56. The van der Waals surface area contributed by atoms with Gasteiger partial charge in [-0.3, -0.25) is 19.5 Å². The van der Waals surface area contributed by atoms with Gasteiger partial charge in [0.2, 0.25) is 5.91 Å². The number of Topliss-reactive ketones (excluding diaryl/α,β-unsaturated/α-hetero) is 1. The minimum Gasteiger partial charge on any atom is -0.482 e. The number of carbonyl (C=O) groups excluding carboxylic acids is 2. The number of halogens is 3.